The molecule has 0 heterocycles. The summed E-state index contributed by atoms with van der Waals surface area (Å²) in [6, 6.07) is 7.13. The quantitative estimate of drug-likeness (QED) is 0.361. The van der Waals surface area contributed by atoms with Crippen molar-refractivity contribution in [3.63, 3.8) is 0 Å². The average Bonchev–Trinajstić information content (AvgIpc) is 2.41. The second kappa shape index (κ2) is 8.17. The Bertz CT molecular complexity index is 509. The van der Waals surface area contributed by atoms with Crippen LogP contribution in [0.5, 0.6) is 0 Å². The largest absolute Gasteiger partial charge is 0.612 e. The fourth-order valence-corrected chi connectivity index (χ4v) is 1.99. The fourth-order valence-electron chi connectivity index (χ4n) is 1.47. The molecule has 0 radical (unpaired) electrons. The van der Waals surface area contributed by atoms with E-state index < -0.39 is 22.9 Å². The van der Waals surface area contributed by atoms with Crippen molar-refractivity contribution < 1.29 is 18.9 Å². The van der Waals surface area contributed by atoms with Gasteiger partial charge in [0.05, 0.1) is 0 Å². The van der Waals surface area contributed by atoms with Crippen LogP contribution in [0, 0.1) is 0 Å². The molecular weight excluding hydrogens is 304 g/mol. The minimum Gasteiger partial charge on any atom is -0.612 e. The van der Waals surface area contributed by atoms with Crippen molar-refractivity contribution in [2.45, 2.75) is 37.9 Å². The standard InChI is InChI=1S/C15H22N2O4S/c1-15(2,3)21-14(18)17(11-16-4)20-10-12-6-8-13(9-7-12)22(5)19/h6-9,11H,10H2,1-5H3/b16-11-. The number of carbonyl (C=O) groups is 1. The molecule has 1 aromatic rings. The fraction of sp³-hybridized carbons (Fsp3) is 0.467. The van der Waals surface area contributed by atoms with Crippen molar-refractivity contribution >= 4 is 23.6 Å². The Morgan fingerprint density at radius 2 is 1.95 bits per heavy atom. The summed E-state index contributed by atoms with van der Waals surface area (Å²) < 4.78 is 16.5. The summed E-state index contributed by atoms with van der Waals surface area (Å²) in [5.41, 5.74) is 0.222. The zero-order valence-corrected chi connectivity index (χ0v) is 14.3. The van der Waals surface area contributed by atoms with E-state index in [4.69, 9.17) is 9.57 Å². The van der Waals surface area contributed by atoms with Crippen LogP contribution in [0.15, 0.2) is 34.2 Å². The Hall–Kier alpha value is -1.57. The van der Waals surface area contributed by atoms with Gasteiger partial charge in [0.2, 0.25) is 0 Å². The van der Waals surface area contributed by atoms with Gasteiger partial charge in [-0.2, -0.15) is 0 Å². The third kappa shape index (κ3) is 6.46. The van der Waals surface area contributed by atoms with Gasteiger partial charge in [0.15, 0.2) is 4.90 Å². The molecule has 0 aliphatic rings. The number of carbonyl (C=O) groups excluding carboxylic acids is 1. The average molecular weight is 326 g/mol. The lowest BCUT2D eigenvalue weighted by atomic mass is 10.2. The minimum absolute atomic E-state index is 0.169. The van der Waals surface area contributed by atoms with Crippen molar-refractivity contribution in [3.05, 3.63) is 29.8 Å². The van der Waals surface area contributed by atoms with E-state index in [1.807, 2.05) is 0 Å². The first-order valence-corrected chi connectivity index (χ1v) is 8.28. The summed E-state index contributed by atoms with van der Waals surface area (Å²) >= 11 is -1.02. The van der Waals surface area contributed by atoms with E-state index >= 15 is 0 Å². The first kappa shape index (κ1) is 18.5. The molecule has 0 saturated carbocycles. The molecule has 22 heavy (non-hydrogen) atoms. The van der Waals surface area contributed by atoms with Crippen LogP contribution in [0.25, 0.3) is 0 Å². The third-order valence-electron chi connectivity index (χ3n) is 2.42. The first-order valence-electron chi connectivity index (χ1n) is 6.72. The molecule has 0 saturated heterocycles. The normalized spacial score (nSPS) is 13.2. The van der Waals surface area contributed by atoms with Gasteiger partial charge in [-0.05, 0) is 49.6 Å². The van der Waals surface area contributed by atoms with Crippen molar-refractivity contribution in [1.82, 2.24) is 5.06 Å². The number of ether oxygens (including phenoxy) is 1. The molecule has 0 bridgehead atoms. The summed E-state index contributed by atoms with van der Waals surface area (Å²) in [6.45, 7) is 5.49. The van der Waals surface area contributed by atoms with E-state index in [-0.39, 0.29) is 6.61 Å². The summed E-state index contributed by atoms with van der Waals surface area (Å²) in [5, 5.41) is 0.955. The Morgan fingerprint density at radius 1 is 1.36 bits per heavy atom. The second-order valence-electron chi connectivity index (χ2n) is 5.55. The molecule has 0 aliphatic carbocycles. The first-order chi connectivity index (χ1) is 10.2. The maximum atomic E-state index is 12.0. The number of rotatable bonds is 5. The molecule has 0 fully saturated rings. The number of hydrogen-bond donors (Lipinski definition) is 0. The molecule has 1 atom stereocenters. The summed E-state index contributed by atoms with van der Waals surface area (Å²) in [7, 11) is 1.53. The van der Waals surface area contributed by atoms with Gasteiger partial charge in [-0.1, -0.05) is 12.1 Å². The lowest BCUT2D eigenvalue weighted by Crippen LogP contribution is -2.36. The van der Waals surface area contributed by atoms with Gasteiger partial charge in [0, 0.05) is 7.05 Å². The van der Waals surface area contributed by atoms with E-state index in [2.05, 4.69) is 4.99 Å². The third-order valence-corrected chi connectivity index (χ3v) is 3.36. The van der Waals surface area contributed by atoms with E-state index in [1.54, 1.807) is 51.3 Å². The highest BCUT2D eigenvalue weighted by Crippen LogP contribution is 2.13. The van der Waals surface area contributed by atoms with Crippen LogP contribution in [0.1, 0.15) is 26.3 Å². The van der Waals surface area contributed by atoms with E-state index in [0.29, 0.717) is 0 Å². The van der Waals surface area contributed by atoms with Crippen molar-refractivity contribution in [1.29, 1.82) is 0 Å². The number of aliphatic imine (C=N–C) groups is 1. The van der Waals surface area contributed by atoms with Gasteiger partial charge in [-0.25, -0.2) is 4.79 Å². The van der Waals surface area contributed by atoms with Gasteiger partial charge in [-0.15, -0.1) is 5.06 Å². The monoisotopic (exact) mass is 326 g/mol. The van der Waals surface area contributed by atoms with Crippen molar-refractivity contribution in [2.75, 3.05) is 13.3 Å². The molecular formula is C15H22N2O4S. The van der Waals surface area contributed by atoms with E-state index in [0.717, 1.165) is 15.5 Å². The van der Waals surface area contributed by atoms with Gasteiger partial charge < -0.3 is 9.29 Å². The highest BCUT2D eigenvalue weighted by molar-refractivity contribution is 7.90. The summed E-state index contributed by atoms with van der Waals surface area (Å²) in [6.07, 6.45) is 2.24. The lowest BCUT2D eigenvalue weighted by Gasteiger charge is -2.24. The van der Waals surface area contributed by atoms with Gasteiger partial charge in [-0.3, -0.25) is 9.83 Å². The molecule has 0 N–H and O–H groups in total. The molecule has 0 aromatic heterocycles. The highest BCUT2D eigenvalue weighted by atomic mass is 32.2. The van der Waals surface area contributed by atoms with Crippen LogP contribution in [0.4, 0.5) is 4.79 Å². The number of nitrogens with zero attached hydrogens (tertiary/aromatic N) is 2. The van der Waals surface area contributed by atoms with Gasteiger partial charge in [0.1, 0.15) is 24.8 Å². The maximum Gasteiger partial charge on any atom is 0.440 e. The minimum atomic E-state index is -1.02. The molecule has 1 aromatic carbocycles. The van der Waals surface area contributed by atoms with E-state index in [1.165, 1.54) is 13.4 Å². The molecule has 1 unspecified atom stereocenters. The Kier molecular flexibility index (Phi) is 6.86. The SMILES string of the molecule is C/N=C\N(OCc1ccc([S+](C)[O-])cc1)C(=O)OC(C)(C)C. The van der Waals surface area contributed by atoms with Crippen LogP contribution in [-0.2, 0) is 27.4 Å². The molecule has 0 spiro atoms. The molecule has 0 aliphatic heterocycles. The molecule has 122 valence electrons. The lowest BCUT2D eigenvalue weighted by molar-refractivity contribution is -0.105. The predicted molar refractivity (Wildman–Crippen MR) is 86.1 cm³/mol. The van der Waals surface area contributed by atoms with Crippen molar-refractivity contribution in [3.8, 4) is 0 Å². The highest BCUT2D eigenvalue weighted by Gasteiger charge is 2.22. The number of hydroxylamine groups is 2. The second-order valence-corrected chi connectivity index (χ2v) is 6.93. The predicted octanol–water partition coefficient (Wildman–Crippen LogP) is 2.75. The zero-order valence-electron chi connectivity index (χ0n) is 13.5. The Labute approximate surface area is 134 Å². The number of amides is 1. The zero-order chi connectivity index (χ0) is 16.8. The summed E-state index contributed by atoms with van der Waals surface area (Å²) in [5.74, 6) is 0. The van der Waals surface area contributed by atoms with Crippen LogP contribution in [0.2, 0.25) is 0 Å². The Balaban J connectivity index is 2.66. The topological polar surface area (TPSA) is 74.2 Å². The van der Waals surface area contributed by atoms with Gasteiger partial charge >= 0.3 is 6.09 Å². The number of hydrogen-bond acceptors (Lipinski definition) is 5. The molecule has 7 heteroatoms. The van der Waals surface area contributed by atoms with Crippen LogP contribution < -0.4 is 0 Å². The molecule has 1 rings (SSSR count). The smallest absolute Gasteiger partial charge is 0.440 e. The van der Waals surface area contributed by atoms with Crippen LogP contribution in [-0.4, -0.2) is 41.0 Å². The van der Waals surface area contributed by atoms with Crippen molar-refractivity contribution in [2.24, 2.45) is 4.99 Å². The summed E-state index contributed by atoms with van der Waals surface area (Å²) in [4.78, 5) is 21.9. The molecule has 6 nitrogen and oxygen atoms in total. The van der Waals surface area contributed by atoms with Crippen LogP contribution >= 0.6 is 0 Å². The Morgan fingerprint density at radius 3 is 2.41 bits per heavy atom. The number of benzene rings is 1. The molecule has 1 amide bonds. The van der Waals surface area contributed by atoms with Gasteiger partial charge in [0.25, 0.3) is 0 Å². The maximum absolute atomic E-state index is 12.0. The van der Waals surface area contributed by atoms with E-state index in [9.17, 15) is 9.35 Å². The van der Waals surface area contributed by atoms with Crippen LogP contribution in [0.3, 0.4) is 0 Å².